The van der Waals surface area contributed by atoms with Crippen LogP contribution in [0.15, 0.2) is 38.0 Å². The van der Waals surface area contributed by atoms with Crippen molar-refractivity contribution >= 4 is 17.0 Å². The van der Waals surface area contributed by atoms with Crippen molar-refractivity contribution in [3.05, 3.63) is 38.0 Å². The molecule has 16 heavy (non-hydrogen) atoms. The van der Waals surface area contributed by atoms with Crippen molar-refractivity contribution < 1.29 is 0 Å². The van der Waals surface area contributed by atoms with Gasteiger partial charge < -0.3 is 9.88 Å². The first-order chi connectivity index (χ1) is 7.86. The van der Waals surface area contributed by atoms with Crippen molar-refractivity contribution in [2.24, 2.45) is 0 Å². The third-order valence-corrected chi connectivity index (χ3v) is 2.14. The molecule has 82 valence electrons. The van der Waals surface area contributed by atoms with Crippen LogP contribution >= 0.6 is 0 Å². The lowest BCUT2D eigenvalue weighted by Crippen LogP contribution is -2.02. The lowest BCUT2D eigenvalue weighted by Gasteiger charge is -2.02. The van der Waals surface area contributed by atoms with Crippen LogP contribution in [0.2, 0.25) is 0 Å². The van der Waals surface area contributed by atoms with Crippen LogP contribution in [0, 0.1) is 0 Å². The zero-order chi connectivity index (χ0) is 11.4. The number of hydrogen-bond acceptors (Lipinski definition) is 4. The number of aromatic nitrogens is 4. The minimum atomic E-state index is 0.653. The lowest BCUT2D eigenvalue weighted by atomic mass is 10.4. The molecule has 0 amide bonds. The standard InChI is InChI=1S/C11H13N5/c1-3-5-12-10-9-11(14-7-13-10)16(6-4-2)8-15-9/h3-4,7-8H,1-2,5-6H2,(H,12,13,14). The summed E-state index contributed by atoms with van der Waals surface area (Å²) >= 11 is 0. The topological polar surface area (TPSA) is 55.6 Å². The molecular weight excluding hydrogens is 202 g/mol. The molecule has 5 nitrogen and oxygen atoms in total. The summed E-state index contributed by atoms with van der Waals surface area (Å²) in [7, 11) is 0. The normalized spacial score (nSPS) is 10.2. The van der Waals surface area contributed by atoms with Gasteiger partial charge >= 0.3 is 0 Å². The van der Waals surface area contributed by atoms with Gasteiger partial charge in [0.2, 0.25) is 0 Å². The van der Waals surface area contributed by atoms with E-state index in [9.17, 15) is 0 Å². The predicted octanol–water partition coefficient (Wildman–Crippen LogP) is 1.61. The number of allylic oxidation sites excluding steroid dienone is 1. The van der Waals surface area contributed by atoms with E-state index in [0.717, 1.165) is 17.0 Å². The summed E-state index contributed by atoms with van der Waals surface area (Å²) in [5.41, 5.74) is 1.58. The maximum atomic E-state index is 4.28. The first kappa shape index (κ1) is 10.4. The van der Waals surface area contributed by atoms with E-state index < -0.39 is 0 Å². The highest BCUT2D eigenvalue weighted by Crippen LogP contribution is 2.16. The molecule has 2 aromatic rings. The van der Waals surface area contributed by atoms with Gasteiger partial charge in [0, 0.05) is 13.1 Å². The van der Waals surface area contributed by atoms with E-state index in [-0.39, 0.29) is 0 Å². The average molecular weight is 215 g/mol. The van der Waals surface area contributed by atoms with Crippen LogP contribution in [-0.4, -0.2) is 26.1 Å². The van der Waals surface area contributed by atoms with Crippen molar-refractivity contribution in [3.8, 4) is 0 Å². The number of nitrogens with zero attached hydrogens (tertiary/aromatic N) is 4. The number of imidazole rings is 1. The van der Waals surface area contributed by atoms with E-state index in [1.165, 1.54) is 6.33 Å². The van der Waals surface area contributed by atoms with Gasteiger partial charge in [-0.15, -0.1) is 13.2 Å². The molecule has 0 unspecified atom stereocenters. The Morgan fingerprint density at radius 1 is 1.25 bits per heavy atom. The van der Waals surface area contributed by atoms with Crippen LogP contribution in [-0.2, 0) is 6.54 Å². The van der Waals surface area contributed by atoms with E-state index in [4.69, 9.17) is 0 Å². The molecule has 0 aliphatic rings. The second-order valence-corrected chi connectivity index (χ2v) is 3.25. The molecule has 1 N–H and O–H groups in total. The Bertz CT molecular complexity index is 514. The van der Waals surface area contributed by atoms with E-state index in [1.807, 2.05) is 4.57 Å². The van der Waals surface area contributed by atoms with Gasteiger partial charge in [0.15, 0.2) is 11.5 Å². The summed E-state index contributed by atoms with van der Waals surface area (Å²) in [5, 5.41) is 3.12. The van der Waals surface area contributed by atoms with Gasteiger partial charge in [-0.1, -0.05) is 12.2 Å². The maximum Gasteiger partial charge on any atom is 0.165 e. The summed E-state index contributed by atoms with van der Waals surface area (Å²) in [4.78, 5) is 12.6. The highest BCUT2D eigenvalue weighted by molar-refractivity contribution is 5.82. The van der Waals surface area contributed by atoms with Gasteiger partial charge in [-0.3, -0.25) is 0 Å². The zero-order valence-corrected chi connectivity index (χ0v) is 8.93. The van der Waals surface area contributed by atoms with Gasteiger partial charge in [-0.05, 0) is 0 Å². The van der Waals surface area contributed by atoms with Crippen molar-refractivity contribution in [2.45, 2.75) is 6.54 Å². The quantitative estimate of drug-likeness (QED) is 0.770. The van der Waals surface area contributed by atoms with Crippen LogP contribution in [0.3, 0.4) is 0 Å². The SMILES string of the molecule is C=CCNc1ncnc2c1ncn2CC=C. The molecule has 0 spiro atoms. The number of rotatable bonds is 5. The minimum Gasteiger partial charge on any atom is -0.365 e. The van der Waals surface area contributed by atoms with Crippen molar-refractivity contribution in [3.63, 3.8) is 0 Å². The Morgan fingerprint density at radius 3 is 2.88 bits per heavy atom. The molecule has 0 aliphatic heterocycles. The highest BCUT2D eigenvalue weighted by Gasteiger charge is 2.07. The molecule has 0 saturated heterocycles. The number of nitrogens with one attached hydrogen (secondary N) is 1. The summed E-state index contributed by atoms with van der Waals surface area (Å²) < 4.78 is 1.92. The summed E-state index contributed by atoms with van der Waals surface area (Å²) in [6.07, 6.45) is 6.84. The molecule has 2 heterocycles. The molecule has 2 aromatic heterocycles. The fourth-order valence-electron chi connectivity index (χ4n) is 1.45. The Morgan fingerprint density at radius 2 is 2.12 bits per heavy atom. The second-order valence-electron chi connectivity index (χ2n) is 3.25. The van der Waals surface area contributed by atoms with E-state index in [2.05, 4.69) is 33.4 Å². The van der Waals surface area contributed by atoms with Gasteiger partial charge in [0.25, 0.3) is 0 Å². The molecule has 2 rings (SSSR count). The predicted molar refractivity (Wildman–Crippen MR) is 64.2 cm³/mol. The molecular formula is C11H13N5. The van der Waals surface area contributed by atoms with Crippen LogP contribution < -0.4 is 5.32 Å². The Kier molecular flexibility index (Phi) is 2.95. The Balaban J connectivity index is 2.44. The minimum absolute atomic E-state index is 0.653. The zero-order valence-electron chi connectivity index (χ0n) is 8.93. The van der Waals surface area contributed by atoms with E-state index >= 15 is 0 Å². The lowest BCUT2D eigenvalue weighted by molar-refractivity contribution is 0.838. The monoisotopic (exact) mass is 215 g/mol. The van der Waals surface area contributed by atoms with Gasteiger partial charge in [-0.25, -0.2) is 15.0 Å². The molecule has 0 atom stereocenters. The van der Waals surface area contributed by atoms with Crippen LogP contribution in [0.4, 0.5) is 5.82 Å². The summed E-state index contributed by atoms with van der Waals surface area (Å²) in [6.45, 7) is 8.68. The molecule has 0 fully saturated rings. The highest BCUT2D eigenvalue weighted by atomic mass is 15.1. The third-order valence-electron chi connectivity index (χ3n) is 2.14. The van der Waals surface area contributed by atoms with Crippen LogP contribution in [0.5, 0.6) is 0 Å². The number of anilines is 1. The number of fused-ring (bicyclic) bond motifs is 1. The average Bonchev–Trinajstić information content (AvgIpc) is 2.71. The fourth-order valence-corrected chi connectivity index (χ4v) is 1.45. The molecule has 0 radical (unpaired) electrons. The maximum absolute atomic E-state index is 4.28. The second kappa shape index (κ2) is 4.57. The van der Waals surface area contributed by atoms with E-state index in [0.29, 0.717) is 13.1 Å². The first-order valence-corrected chi connectivity index (χ1v) is 4.98. The Hall–Kier alpha value is -2.17. The van der Waals surface area contributed by atoms with E-state index in [1.54, 1.807) is 18.5 Å². The largest absolute Gasteiger partial charge is 0.365 e. The molecule has 0 aliphatic carbocycles. The summed E-state index contributed by atoms with van der Waals surface area (Å²) in [5.74, 6) is 0.729. The first-order valence-electron chi connectivity index (χ1n) is 4.98. The van der Waals surface area contributed by atoms with Gasteiger partial charge in [-0.2, -0.15) is 0 Å². The van der Waals surface area contributed by atoms with Gasteiger partial charge in [0.05, 0.1) is 6.33 Å². The number of hydrogen-bond donors (Lipinski definition) is 1. The summed E-state index contributed by atoms with van der Waals surface area (Å²) in [6, 6.07) is 0. The fraction of sp³-hybridized carbons (Fsp3) is 0.182. The van der Waals surface area contributed by atoms with Crippen LogP contribution in [0.25, 0.3) is 11.2 Å². The third kappa shape index (κ3) is 1.79. The molecule has 0 aromatic carbocycles. The molecule has 0 bridgehead atoms. The van der Waals surface area contributed by atoms with Crippen molar-refractivity contribution in [1.82, 2.24) is 19.5 Å². The Labute approximate surface area is 93.6 Å². The molecule has 5 heteroatoms. The molecule has 0 saturated carbocycles. The smallest absolute Gasteiger partial charge is 0.165 e. The van der Waals surface area contributed by atoms with Crippen molar-refractivity contribution in [2.75, 3.05) is 11.9 Å². The van der Waals surface area contributed by atoms with Gasteiger partial charge in [0.1, 0.15) is 11.8 Å². The van der Waals surface area contributed by atoms with Crippen molar-refractivity contribution in [1.29, 1.82) is 0 Å². The van der Waals surface area contributed by atoms with Crippen LogP contribution in [0.1, 0.15) is 0 Å².